The molecule has 0 spiro atoms. The summed E-state index contributed by atoms with van der Waals surface area (Å²) in [5.41, 5.74) is 1.98. The fourth-order valence-corrected chi connectivity index (χ4v) is 2.61. The van der Waals surface area contributed by atoms with Crippen LogP contribution in [0.4, 0.5) is 0 Å². The van der Waals surface area contributed by atoms with Gasteiger partial charge >= 0.3 is 0 Å². The van der Waals surface area contributed by atoms with Crippen molar-refractivity contribution in [3.63, 3.8) is 0 Å². The first-order valence-electron chi connectivity index (χ1n) is 6.78. The van der Waals surface area contributed by atoms with Gasteiger partial charge in [0.05, 0.1) is 5.02 Å². The van der Waals surface area contributed by atoms with E-state index in [0.717, 1.165) is 32.4 Å². The topological polar surface area (TPSA) is 46.1 Å². The van der Waals surface area contributed by atoms with Crippen molar-refractivity contribution in [3.8, 4) is 0 Å². The standard InChI is InChI=1S/C14H18ClN3O/c15-11-7-13(18(9-11)12-1-2-12)14(19)17-8-10-3-5-16-6-4-10/h3,7,9,12,16H,1-2,4-6,8H2,(H,17,19). The van der Waals surface area contributed by atoms with Crippen LogP contribution < -0.4 is 10.6 Å². The quantitative estimate of drug-likeness (QED) is 0.830. The van der Waals surface area contributed by atoms with Crippen molar-refractivity contribution >= 4 is 17.5 Å². The number of aromatic nitrogens is 1. The highest BCUT2D eigenvalue weighted by Gasteiger charge is 2.27. The fraction of sp³-hybridized carbons (Fsp3) is 0.500. The summed E-state index contributed by atoms with van der Waals surface area (Å²) in [7, 11) is 0. The number of carbonyl (C=O) groups excluding carboxylic acids is 1. The lowest BCUT2D eigenvalue weighted by atomic mass is 10.1. The highest BCUT2D eigenvalue weighted by Crippen LogP contribution is 2.37. The summed E-state index contributed by atoms with van der Waals surface area (Å²) < 4.78 is 2.01. The number of rotatable bonds is 4. The first-order chi connectivity index (χ1) is 9.24. The van der Waals surface area contributed by atoms with Gasteiger partial charge in [-0.25, -0.2) is 0 Å². The molecular formula is C14H18ClN3O. The summed E-state index contributed by atoms with van der Waals surface area (Å²) in [4.78, 5) is 12.2. The molecule has 1 aliphatic heterocycles. The van der Waals surface area contributed by atoms with Gasteiger partial charge in [-0.05, 0) is 31.9 Å². The van der Waals surface area contributed by atoms with Gasteiger partial charge in [-0.3, -0.25) is 4.79 Å². The molecule has 1 fully saturated rings. The Bertz CT molecular complexity index is 517. The molecule has 0 atom stereocenters. The molecule has 0 unspecified atom stereocenters. The average Bonchev–Trinajstić information content (AvgIpc) is 3.20. The highest BCUT2D eigenvalue weighted by atomic mass is 35.5. The number of nitrogens with one attached hydrogen (secondary N) is 2. The van der Waals surface area contributed by atoms with Crippen molar-refractivity contribution in [3.05, 3.63) is 34.6 Å². The van der Waals surface area contributed by atoms with E-state index >= 15 is 0 Å². The molecule has 1 aliphatic carbocycles. The molecule has 0 bridgehead atoms. The first-order valence-corrected chi connectivity index (χ1v) is 7.16. The monoisotopic (exact) mass is 279 g/mol. The van der Waals surface area contributed by atoms with Crippen LogP contribution in [0.15, 0.2) is 23.9 Å². The van der Waals surface area contributed by atoms with E-state index in [9.17, 15) is 4.79 Å². The van der Waals surface area contributed by atoms with Crippen molar-refractivity contribution in [2.75, 3.05) is 19.6 Å². The zero-order chi connectivity index (χ0) is 13.2. The van der Waals surface area contributed by atoms with E-state index in [1.54, 1.807) is 6.07 Å². The molecule has 0 radical (unpaired) electrons. The van der Waals surface area contributed by atoms with Crippen LogP contribution in [-0.4, -0.2) is 30.1 Å². The van der Waals surface area contributed by atoms with E-state index in [1.807, 2.05) is 10.8 Å². The Labute approximate surface area is 117 Å². The summed E-state index contributed by atoms with van der Waals surface area (Å²) in [6.07, 6.45) is 7.30. The van der Waals surface area contributed by atoms with Crippen molar-refractivity contribution in [1.29, 1.82) is 0 Å². The minimum Gasteiger partial charge on any atom is -0.347 e. The molecular weight excluding hydrogens is 262 g/mol. The Morgan fingerprint density at radius 3 is 3.05 bits per heavy atom. The van der Waals surface area contributed by atoms with E-state index in [-0.39, 0.29) is 5.91 Å². The Kier molecular flexibility index (Phi) is 3.62. The predicted molar refractivity (Wildman–Crippen MR) is 75.6 cm³/mol. The van der Waals surface area contributed by atoms with E-state index < -0.39 is 0 Å². The molecule has 4 nitrogen and oxygen atoms in total. The second-order valence-corrected chi connectivity index (χ2v) is 5.62. The highest BCUT2D eigenvalue weighted by molar-refractivity contribution is 6.31. The predicted octanol–water partition coefficient (Wildman–Crippen LogP) is 2.13. The molecule has 102 valence electrons. The SMILES string of the molecule is O=C(NCC1=CCNCC1)c1cc(Cl)cn1C1CC1. The van der Waals surface area contributed by atoms with Crippen LogP contribution in [0.25, 0.3) is 0 Å². The van der Waals surface area contributed by atoms with Crippen LogP contribution in [0.1, 0.15) is 35.8 Å². The number of halogens is 1. The fourth-order valence-electron chi connectivity index (χ4n) is 2.40. The Morgan fingerprint density at radius 2 is 2.37 bits per heavy atom. The maximum absolute atomic E-state index is 12.2. The van der Waals surface area contributed by atoms with Gasteiger partial charge in [-0.15, -0.1) is 0 Å². The van der Waals surface area contributed by atoms with Gasteiger partial charge in [-0.2, -0.15) is 0 Å². The molecule has 2 N–H and O–H groups in total. The van der Waals surface area contributed by atoms with E-state index in [1.165, 1.54) is 5.57 Å². The molecule has 19 heavy (non-hydrogen) atoms. The van der Waals surface area contributed by atoms with Gasteiger partial charge in [-0.1, -0.05) is 23.3 Å². The maximum Gasteiger partial charge on any atom is 0.268 e. The van der Waals surface area contributed by atoms with Crippen LogP contribution in [-0.2, 0) is 0 Å². The lowest BCUT2D eigenvalue weighted by Gasteiger charge is -2.15. The number of carbonyl (C=O) groups is 1. The Balaban J connectivity index is 1.65. The molecule has 1 aromatic rings. The van der Waals surface area contributed by atoms with Crippen molar-refractivity contribution in [2.45, 2.75) is 25.3 Å². The van der Waals surface area contributed by atoms with E-state index in [0.29, 0.717) is 23.3 Å². The molecule has 3 rings (SSSR count). The van der Waals surface area contributed by atoms with Crippen LogP contribution in [0, 0.1) is 0 Å². The zero-order valence-electron chi connectivity index (χ0n) is 10.8. The second kappa shape index (κ2) is 5.39. The van der Waals surface area contributed by atoms with Crippen LogP contribution >= 0.6 is 11.6 Å². The van der Waals surface area contributed by atoms with Crippen LogP contribution in [0.3, 0.4) is 0 Å². The summed E-state index contributed by atoms with van der Waals surface area (Å²) in [6, 6.07) is 2.22. The smallest absolute Gasteiger partial charge is 0.268 e. The van der Waals surface area contributed by atoms with Crippen molar-refractivity contribution in [2.24, 2.45) is 0 Å². The molecule has 1 aromatic heterocycles. The summed E-state index contributed by atoms with van der Waals surface area (Å²) in [5, 5.41) is 6.89. The second-order valence-electron chi connectivity index (χ2n) is 5.18. The van der Waals surface area contributed by atoms with Crippen LogP contribution in [0.2, 0.25) is 5.02 Å². The van der Waals surface area contributed by atoms with Gasteiger partial charge in [0.2, 0.25) is 0 Å². The molecule has 0 saturated heterocycles. The van der Waals surface area contributed by atoms with Gasteiger partial charge in [0.25, 0.3) is 5.91 Å². The van der Waals surface area contributed by atoms with Gasteiger partial charge in [0.1, 0.15) is 5.69 Å². The maximum atomic E-state index is 12.2. The third-order valence-corrected chi connectivity index (χ3v) is 3.83. The lowest BCUT2D eigenvalue weighted by Crippen LogP contribution is -2.30. The van der Waals surface area contributed by atoms with Crippen molar-refractivity contribution in [1.82, 2.24) is 15.2 Å². The average molecular weight is 280 g/mol. The number of amides is 1. The molecule has 0 aromatic carbocycles. The minimum absolute atomic E-state index is 0.0294. The van der Waals surface area contributed by atoms with Gasteiger partial charge in [0, 0.05) is 25.3 Å². The Morgan fingerprint density at radius 1 is 1.53 bits per heavy atom. The summed E-state index contributed by atoms with van der Waals surface area (Å²) in [5.74, 6) is -0.0294. The zero-order valence-corrected chi connectivity index (χ0v) is 11.5. The lowest BCUT2D eigenvalue weighted by molar-refractivity contribution is 0.0947. The minimum atomic E-state index is -0.0294. The molecule has 2 aliphatic rings. The normalized spacial score (nSPS) is 19.1. The summed E-state index contributed by atoms with van der Waals surface area (Å²) >= 11 is 6.01. The third-order valence-electron chi connectivity index (χ3n) is 3.62. The van der Waals surface area contributed by atoms with Gasteiger partial charge in [0.15, 0.2) is 0 Å². The number of nitrogens with zero attached hydrogens (tertiary/aromatic N) is 1. The van der Waals surface area contributed by atoms with E-state index in [4.69, 9.17) is 11.6 Å². The van der Waals surface area contributed by atoms with E-state index in [2.05, 4.69) is 16.7 Å². The molecule has 5 heteroatoms. The molecule has 2 heterocycles. The van der Waals surface area contributed by atoms with Crippen LogP contribution in [0.5, 0.6) is 0 Å². The molecule has 1 amide bonds. The van der Waals surface area contributed by atoms with Gasteiger partial charge < -0.3 is 15.2 Å². The number of hydrogen-bond acceptors (Lipinski definition) is 2. The third kappa shape index (κ3) is 3.01. The summed E-state index contributed by atoms with van der Waals surface area (Å²) in [6.45, 7) is 2.52. The van der Waals surface area contributed by atoms with Crippen molar-refractivity contribution < 1.29 is 4.79 Å². The Hall–Kier alpha value is -1.26. The number of hydrogen-bond donors (Lipinski definition) is 2. The molecule has 1 saturated carbocycles. The largest absolute Gasteiger partial charge is 0.347 e. The first kappa shape index (κ1) is 12.8.